The van der Waals surface area contributed by atoms with Crippen LogP contribution in [-0.4, -0.2) is 11.7 Å². The van der Waals surface area contributed by atoms with Crippen LogP contribution in [0.1, 0.15) is 49.8 Å². The van der Waals surface area contributed by atoms with Crippen LogP contribution >= 0.6 is 0 Å². The molecule has 136 valence electrons. The number of rotatable bonds is 4. The van der Waals surface area contributed by atoms with E-state index in [1.165, 1.54) is 24.8 Å². The molecule has 0 aromatic heterocycles. The molecule has 2 aromatic carbocycles. The lowest BCUT2D eigenvalue weighted by molar-refractivity contribution is 0.0567. The van der Waals surface area contributed by atoms with Gasteiger partial charge in [0.15, 0.2) is 0 Å². The molecule has 1 fully saturated rings. The molecule has 4 atom stereocenters. The van der Waals surface area contributed by atoms with Gasteiger partial charge in [-0.15, -0.1) is 0 Å². The molecule has 1 nitrogen and oxygen atoms in total. The molecule has 1 saturated carbocycles. The maximum absolute atomic E-state index is 9.82. The Morgan fingerprint density at radius 3 is 2.12 bits per heavy atom. The predicted octanol–water partition coefficient (Wildman–Crippen LogP) is 5.31. The summed E-state index contributed by atoms with van der Waals surface area (Å²) in [5.41, 5.74) is 3.46. The number of benzene rings is 2. The Kier molecular flexibility index (Phi) is 6.53. The summed E-state index contributed by atoms with van der Waals surface area (Å²) in [6.07, 6.45) is 4.76. The van der Waals surface area contributed by atoms with Crippen LogP contribution in [0.25, 0.3) is 0 Å². The van der Waals surface area contributed by atoms with Crippen molar-refractivity contribution in [2.45, 2.75) is 39.5 Å². The lowest BCUT2D eigenvalue weighted by Gasteiger charge is -2.41. The Hall–Kier alpha value is -2.04. The summed E-state index contributed by atoms with van der Waals surface area (Å²) in [5, 5.41) is 9.82. The van der Waals surface area contributed by atoms with Crippen molar-refractivity contribution >= 4 is 0 Å². The fourth-order valence-electron chi connectivity index (χ4n) is 4.50. The van der Waals surface area contributed by atoms with E-state index in [4.69, 9.17) is 0 Å². The van der Waals surface area contributed by atoms with Crippen LogP contribution in [0.5, 0.6) is 0 Å². The molecular weight excluding hydrogens is 316 g/mol. The lowest BCUT2D eigenvalue weighted by atomic mass is 9.65. The SMILES string of the molecule is CCC1CC[C@H](CO)[C@H](Cc2ccc(C#Cc3ccccc3)cc2)[C@@H]1C. The van der Waals surface area contributed by atoms with Gasteiger partial charge in [-0.3, -0.25) is 0 Å². The van der Waals surface area contributed by atoms with Gasteiger partial charge in [0.1, 0.15) is 0 Å². The van der Waals surface area contributed by atoms with E-state index in [1.54, 1.807) is 0 Å². The van der Waals surface area contributed by atoms with Crippen molar-refractivity contribution in [1.82, 2.24) is 0 Å². The molecule has 0 aliphatic heterocycles. The van der Waals surface area contributed by atoms with E-state index in [9.17, 15) is 5.11 Å². The first kappa shape index (κ1) is 18.7. The van der Waals surface area contributed by atoms with E-state index >= 15 is 0 Å². The van der Waals surface area contributed by atoms with Gasteiger partial charge in [0.05, 0.1) is 0 Å². The highest BCUT2D eigenvalue weighted by atomic mass is 16.3. The van der Waals surface area contributed by atoms with Gasteiger partial charge in [0.2, 0.25) is 0 Å². The van der Waals surface area contributed by atoms with Crippen molar-refractivity contribution in [3.63, 3.8) is 0 Å². The summed E-state index contributed by atoms with van der Waals surface area (Å²) in [5.74, 6) is 8.98. The van der Waals surface area contributed by atoms with Gasteiger partial charge in [-0.2, -0.15) is 0 Å². The van der Waals surface area contributed by atoms with Crippen molar-refractivity contribution < 1.29 is 5.11 Å². The van der Waals surface area contributed by atoms with Crippen molar-refractivity contribution in [2.75, 3.05) is 6.61 Å². The van der Waals surface area contributed by atoms with Crippen LogP contribution in [0.3, 0.4) is 0 Å². The minimum absolute atomic E-state index is 0.325. The van der Waals surface area contributed by atoms with E-state index in [0.29, 0.717) is 24.4 Å². The van der Waals surface area contributed by atoms with Gasteiger partial charge in [0, 0.05) is 17.7 Å². The summed E-state index contributed by atoms with van der Waals surface area (Å²) in [4.78, 5) is 0. The summed E-state index contributed by atoms with van der Waals surface area (Å²) in [6, 6.07) is 18.8. The highest BCUT2D eigenvalue weighted by Crippen LogP contribution is 2.41. The zero-order valence-corrected chi connectivity index (χ0v) is 16.0. The smallest absolute Gasteiger partial charge is 0.0462 e. The maximum atomic E-state index is 9.82. The predicted molar refractivity (Wildman–Crippen MR) is 109 cm³/mol. The molecular formula is C25H30O. The van der Waals surface area contributed by atoms with E-state index in [2.05, 4.69) is 50.0 Å². The fraction of sp³-hybridized carbons (Fsp3) is 0.440. The van der Waals surface area contributed by atoms with Crippen molar-refractivity contribution in [2.24, 2.45) is 23.7 Å². The molecule has 1 heteroatoms. The van der Waals surface area contributed by atoms with E-state index in [1.807, 2.05) is 30.3 Å². The van der Waals surface area contributed by atoms with Gasteiger partial charge in [0.25, 0.3) is 0 Å². The zero-order valence-electron chi connectivity index (χ0n) is 16.0. The van der Waals surface area contributed by atoms with Gasteiger partial charge in [-0.25, -0.2) is 0 Å². The molecule has 26 heavy (non-hydrogen) atoms. The van der Waals surface area contributed by atoms with Crippen LogP contribution in [0.15, 0.2) is 54.6 Å². The largest absolute Gasteiger partial charge is 0.396 e. The highest BCUT2D eigenvalue weighted by molar-refractivity contribution is 5.43. The van der Waals surface area contributed by atoms with Crippen LogP contribution in [0.2, 0.25) is 0 Å². The molecule has 0 heterocycles. The second kappa shape index (κ2) is 9.06. The average molecular weight is 347 g/mol. The van der Waals surface area contributed by atoms with E-state index < -0.39 is 0 Å². The van der Waals surface area contributed by atoms with Gasteiger partial charge in [-0.05, 0) is 72.8 Å². The number of hydrogen-bond donors (Lipinski definition) is 1. The third-order valence-electron chi connectivity index (χ3n) is 6.24. The first-order valence-corrected chi connectivity index (χ1v) is 9.98. The minimum atomic E-state index is 0.325. The molecule has 0 amide bonds. The first-order valence-electron chi connectivity index (χ1n) is 9.98. The first-order chi connectivity index (χ1) is 12.7. The van der Waals surface area contributed by atoms with Crippen LogP contribution in [-0.2, 0) is 6.42 Å². The third-order valence-corrected chi connectivity index (χ3v) is 6.24. The summed E-state index contributed by atoms with van der Waals surface area (Å²) < 4.78 is 0. The van der Waals surface area contributed by atoms with Gasteiger partial charge < -0.3 is 5.11 Å². The lowest BCUT2D eigenvalue weighted by Crippen LogP contribution is -2.36. The molecule has 1 aliphatic rings. The Bertz CT molecular complexity index is 735. The quantitative estimate of drug-likeness (QED) is 0.744. The second-order valence-electron chi connectivity index (χ2n) is 7.73. The van der Waals surface area contributed by atoms with Crippen molar-refractivity contribution in [3.8, 4) is 11.8 Å². The molecule has 1 N–H and O–H groups in total. The molecule has 0 spiro atoms. The van der Waals surface area contributed by atoms with Crippen LogP contribution in [0, 0.1) is 35.5 Å². The summed E-state index contributed by atoms with van der Waals surface area (Å²) in [6.45, 7) is 5.02. The summed E-state index contributed by atoms with van der Waals surface area (Å²) >= 11 is 0. The topological polar surface area (TPSA) is 20.2 Å². The Morgan fingerprint density at radius 2 is 1.50 bits per heavy atom. The average Bonchev–Trinajstić information content (AvgIpc) is 2.69. The minimum Gasteiger partial charge on any atom is -0.396 e. The van der Waals surface area contributed by atoms with Gasteiger partial charge >= 0.3 is 0 Å². The Balaban J connectivity index is 1.69. The third kappa shape index (κ3) is 4.57. The standard InChI is InChI=1S/C25H30O/c1-3-23-15-16-24(18-26)25(19(23)2)17-22-13-11-21(12-14-22)10-9-20-7-5-4-6-8-20/h4-8,11-14,19,23-26H,3,15-18H2,1-2H3/t19-,23?,24-,25-/m1/s1. The number of aliphatic hydroxyl groups excluding tert-OH is 1. The summed E-state index contributed by atoms with van der Waals surface area (Å²) in [7, 11) is 0. The molecule has 2 aromatic rings. The molecule has 1 aliphatic carbocycles. The molecule has 3 rings (SSSR count). The van der Waals surface area contributed by atoms with E-state index in [-0.39, 0.29) is 0 Å². The van der Waals surface area contributed by atoms with Crippen LogP contribution in [0.4, 0.5) is 0 Å². The Morgan fingerprint density at radius 1 is 0.885 bits per heavy atom. The monoisotopic (exact) mass is 346 g/mol. The van der Waals surface area contributed by atoms with Gasteiger partial charge in [-0.1, -0.05) is 62.4 Å². The second-order valence-corrected chi connectivity index (χ2v) is 7.73. The maximum Gasteiger partial charge on any atom is 0.0462 e. The normalized spacial score (nSPS) is 25.3. The highest BCUT2D eigenvalue weighted by Gasteiger charge is 2.35. The van der Waals surface area contributed by atoms with Crippen molar-refractivity contribution in [1.29, 1.82) is 0 Å². The molecule has 1 unspecified atom stereocenters. The van der Waals surface area contributed by atoms with E-state index in [0.717, 1.165) is 23.5 Å². The van der Waals surface area contributed by atoms with Crippen LogP contribution < -0.4 is 0 Å². The number of hydrogen-bond acceptors (Lipinski definition) is 1. The Labute approximate surface area is 158 Å². The molecule has 0 radical (unpaired) electrons. The molecule has 0 saturated heterocycles. The molecule has 0 bridgehead atoms. The van der Waals surface area contributed by atoms with Crippen molar-refractivity contribution in [3.05, 3.63) is 71.3 Å². The fourth-order valence-corrected chi connectivity index (χ4v) is 4.50. The number of aliphatic hydroxyl groups is 1. The zero-order chi connectivity index (χ0) is 18.4.